The van der Waals surface area contributed by atoms with Crippen molar-refractivity contribution in [1.82, 2.24) is 0 Å². The van der Waals surface area contributed by atoms with Gasteiger partial charge in [0.2, 0.25) is 5.79 Å². The van der Waals surface area contributed by atoms with Crippen LogP contribution in [0.15, 0.2) is 58.7 Å². The van der Waals surface area contributed by atoms with Crippen LogP contribution in [0.1, 0.15) is 108 Å². The van der Waals surface area contributed by atoms with Crippen molar-refractivity contribution in [2.45, 2.75) is 248 Å². The van der Waals surface area contributed by atoms with Gasteiger partial charge in [-0.3, -0.25) is 0 Å². The number of carbonyl (C=O) groups excluding carboxylic acids is 1. The fourth-order valence-electron chi connectivity index (χ4n) is 11.7. The van der Waals surface area contributed by atoms with Gasteiger partial charge in [-0.1, -0.05) is 67.9 Å². The minimum absolute atomic E-state index is 0.00816. The van der Waals surface area contributed by atoms with Gasteiger partial charge in [0.05, 0.1) is 67.1 Å². The highest BCUT2D eigenvalue weighted by Crippen LogP contribution is 2.43. The third-order valence-corrected chi connectivity index (χ3v) is 16.4. The summed E-state index contributed by atoms with van der Waals surface area (Å²) in [5.41, 5.74) is 0.667. The van der Waals surface area contributed by atoms with Crippen LogP contribution in [0.3, 0.4) is 0 Å². The molecular weight excluding hydrogens is 1050 g/mol. The Balaban J connectivity index is 1.40. The Labute approximate surface area is 472 Å². The highest BCUT2D eigenvalue weighted by molar-refractivity contribution is 5.88. The van der Waals surface area contributed by atoms with Gasteiger partial charge in [0.25, 0.3) is 0 Å². The van der Waals surface area contributed by atoms with Crippen LogP contribution >= 0.6 is 0 Å². The van der Waals surface area contributed by atoms with E-state index in [1.165, 1.54) is 48.4 Å². The Hall–Kier alpha value is -2.63. The molecular formula is C58H96O22. The van der Waals surface area contributed by atoms with E-state index in [0.717, 1.165) is 11.1 Å². The van der Waals surface area contributed by atoms with Crippen LogP contribution in [-0.2, 0) is 61.6 Å². The number of cyclic esters (lactones) is 1. The molecule has 5 heterocycles. The number of ether oxygens (including phenoxy) is 12. The van der Waals surface area contributed by atoms with Gasteiger partial charge in [-0.05, 0) is 74.3 Å². The standard InChI is InChI=1S/C58H96O22/c1-28-17-16-18-39(59)51(72-15)49(64)52(79-55(66)32(5)23-30(3)21-29(2)22-31(4)40(20-19-28)77-56-48(63)47(62)50(71-14)36(9)75-56)53(65)58(68)34(7)45(60)33(6)41(80-58)24-38(27-69-12)76-44-26-57(11,67)54(37(10)74-44)78-43-25-42(70-13)46(61)35(8)73-43/h17,19-23,31,33-54,56,59-65,67-68H,16,18,24-27H2,1-15H3/b20-19+,28-17+,29-22+,30-21+,32-23+/t31-,33+,34-,35-,36+,37+,38-,39+,40-,41-,42-,43+,44+,45+,46-,47+,48+,49+,50+,51-,52+,53-,54+,56+,57+,58-/m1/s1. The minimum Gasteiger partial charge on any atom is -0.453 e. The lowest BCUT2D eigenvalue weighted by Gasteiger charge is -2.52. The van der Waals surface area contributed by atoms with Crippen LogP contribution in [0.4, 0.5) is 0 Å². The Morgan fingerprint density at radius 1 is 0.738 bits per heavy atom. The maximum atomic E-state index is 14.2. The molecule has 0 aromatic heterocycles. The highest BCUT2D eigenvalue weighted by Gasteiger charge is 2.59. The quantitative estimate of drug-likeness (QED) is 0.106. The van der Waals surface area contributed by atoms with Crippen LogP contribution in [0.25, 0.3) is 0 Å². The smallest absolute Gasteiger partial charge is 0.334 e. The van der Waals surface area contributed by atoms with Crippen LogP contribution in [-0.4, -0.2) is 227 Å². The summed E-state index contributed by atoms with van der Waals surface area (Å²) >= 11 is 0. The second-order valence-corrected chi connectivity index (χ2v) is 23.1. The molecule has 460 valence electrons. The molecule has 5 aliphatic heterocycles. The maximum absolute atomic E-state index is 14.2. The molecule has 22 heteroatoms. The number of rotatable bonds is 15. The van der Waals surface area contributed by atoms with E-state index >= 15 is 0 Å². The molecule has 0 radical (unpaired) electrons. The van der Waals surface area contributed by atoms with Crippen LogP contribution in [0, 0.1) is 17.8 Å². The number of hydrogen-bond acceptors (Lipinski definition) is 22. The molecule has 0 aromatic rings. The zero-order valence-electron chi connectivity index (χ0n) is 49.4. The van der Waals surface area contributed by atoms with Gasteiger partial charge in [-0.2, -0.15) is 0 Å². The van der Waals surface area contributed by atoms with E-state index in [1.54, 1.807) is 41.5 Å². The summed E-state index contributed by atoms with van der Waals surface area (Å²) in [5, 5.41) is 105. The van der Waals surface area contributed by atoms with Crippen molar-refractivity contribution < 1.29 is 108 Å². The van der Waals surface area contributed by atoms with Crippen molar-refractivity contribution in [2.24, 2.45) is 17.8 Å². The number of methoxy groups -OCH3 is 4. The molecule has 0 aromatic carbocycles. The second-order valence-electron chi connectivity index (χ2n) is 23.1. The zero-order chi connectivity index (χ0) is 59.7. The van der Waals surface area contributed by atoms with Gasteiger partial charge >= 0.3 is 5.97 Å². The van der Waals surface area contributed by atoms with Crippen molar-refractivity contribution in [3.05, 3.63) is 58.7 Å². The number of aliphatic hydroxyl groups is 9. The van der Waals surface area contributed by atoms with Crippen LogP contribution in [0.2, 0.25) is 0 Å². The largest absolute Gasteiger partial charge is 0.453 e. The molecule has 26 atom stereocenters. The van der Waals surface area contributed by atoms with Crippen molar-refractivity contribution >= 4 is 5.97 Å². The molecule has 80 heavy (non-hydrogen) atoms. The van der Waals surface area contributed by atoms with Crippen molar-refractivity contribution in [3.8, 4) is 0 Å². The van der Waals surface area contributed by atoms with E-state index in [0.29, 0.717) is 5.57 Å². The lowest BCUT2D eigenvalue weighted by molar-refractivity contribution is -0.369. The normalized spacial score (nSPS) is 47.2. The number of aliphatic hydroxyl groups excluding tert-OH is 7. The first-order chi connectivity index (χ1) is 37.5. The van der Waals surface area contributed by atoms with E-state index in [-0.39, 0.29) is 50.2 Å². The lowest BCUT2D eigenvalue weighted by Crippen LogP contribution is -2.68. The van der Waals surface area contributed by atoms with Crippen LogP contribution in [0.5, 0.6) is 0 Å². The third-order valence-electron chi connectivity index (χ3n) is 16.4. The molecule has 4 fully saturated rings. The summed E-state index contributed by atoms with van der Waals surface area (Å²) in [5.74, 6) is -6.01. The van der Waals surface area contributed by atoms with Gasteiger partial charge in [-0.25, -0.2) is 4.79 Å². The molecule has 0 aliphatic carbocycles. The first-order valence-electron chi connectivity index (χ1n) is 28.0. The summed E-state index contributed by atoms with van der Waals surface area (Å²) in [6.07, 6.45) is -12.7. The predicted molar refractivity (Wildman–Crippen MR) is 289 cm³/mol. The van der Waals surface area contributed by atoms with Gasteiger partial charge in [0.1, 0.15) is 48.8 Å². The van der Waals surface area contributed by atoms with Gasteiger partial charge < -0.3 is 103 Å². The number of hydrogen-bond donors (Lipinski definition) is 9. The second kappa shape index (κ2) is 29.9. The topological polar surface area (TPSA) is 310 Å². The van der Waals surface area contributed by atoms with Gasteiger partial charge in [-0.15, -0.1) is 0 Å². The Morgan fingerprint density at radius 2 is 1.40 bits per heavy atom. The summed E-state index contributed by atoms with van der Waals surface area (Å²) in [4.78, 5) is 14.2. The van der Waals surface area contributed by atoms with E-state index < -0.39 is 158 Å². The minimum atomic E-state index is -2.72. The number of carbonyl (C=O) groups is 1. The molecule has 22 nitrogen and oxygen atoms in total. The fraction of sp³-hybridized carbons (Fsp3) is 0.810. The van der Waals surface area contributed by atoms with E-state index in [1.807, 2.05) is 51.2 Å². The molecule has 0 saturated carbocycles. The Kier molecular flexibility index (Phi) is 25.5. The van der Waals surface area contributed by atoms with Crippen molar-refractivity contribution in [3.63, 3.8) is 0 Å². The zero-order valence-corrected chi connectivity index (χ0v) is 49.4. The number of esters is 1. The molecule has 9 N–H and O–H groups in total. The summed E-state index contributed by atoms with van der Waals surface area (Å²) < 4.78 is 71.6. The van der Waals surface area contributed by atoms with Gasteiger partial charge in [0, 0.05) is 71.0 Å². The van der Waals surface area contributed by atoms with E-state index in [4.69, 9.17) is 56.8 Å². The lowest BCUT2D eigenvalue weighted by atomic mass is 9.76. The highest BCUT2D eigenvalue weighted by atomic mass is 16.7. The fourth-order valence-corrected chi connectivity index (χ4v) is 11.7. The SMILES string of the molecule is COC[C@@H](C[C@H]1O[C@@](O)([C@H](O)[C@H]2OC(=O)/C(C)=C/C(C)=C/C(C)=C/[C@@H](C)[C@H](O[C@@H]3O[C@@H](C)[C@H](OC)[C@@H](O)[C@@H]3O)/C=C/C(C)=C/CC[C@H](O)[C@@H](OC)[C@@H]2O)[C@H](C)[C@@H](O)[C@H]1C)O[C@H]1C[C@](C)(O)[C@@H](O[C@H]2C[C@@H](OC)[C@H](O)[C@@H](C)O2)[C@H](C)O1. The molecule has 5 aliphatic rings. The predicted octanol–water partition coefficient (Wildman–Crippen LogP) is 2.56. The maximum Gasteiger partial charge on any atom is 0.334 e. The molecule has 5 rings (SSSR count). The van der Waals surface area contributed by atoms with Crippen molar-refractivity contribution in [2.75, 3.05) is 35.0 Å². The molecule has 0 amide bonds. The number of allylic oxidation sites excluding steroid dienone is 7. The average molecular weight is 1150 g/mol. The van der Waals surface area contributed by atoms with Crippen LogP contribution < -0.4 is 0 Å². The monoisotopic (exact) mass is 1140 g/mol. The Bertz CT molecular complexity index is 2110. The average Bonchev–Trinajstić information content (AvgIpc) is 3.38. The van der Waals surface area contributed by atoms with E-state index in [9.17, 15) is 50.8 Å². The summed E-state index contributed by atoms with van der Waals surface area (Å²) in [6, 6.07) is 0. The third kappa shape index (κ3) is 16.8. The summed E-state index contributed by atoms with van der Waals surface area (Å²) in [7, 11) is 5.60. The Morgan fingerprint density at radius 3 is 2.02 bits per heavy atom. The summed E-state index contributed by atoms with van der Waals surface area (Å²) in [6.45, 7) is 18.7. The molecule has 4 saturated heterocycles. The van der Waals surface area contributed by atoms with Gasteiger partial charge in [0.15, 0.2) is 25.0 Å². The molecule has 0 spiro atoms. The van der Waals surface area contributed by atoms with Crippen molar-refractivity contribution in [1.29, 1.82) is 0 Å². The first kappa shape index (κ1) is 68.2. The van der Waals surface area contributed by atoms with E-state index in [2.05, 4.69) is 0 Å². The first-order valence-corrected chi connectivity index (χ1v) is 28.0. The molecule has 0 unspecified atom stereocenters. The molecule has 0 bridgehead atoms.